The topological polar surface area (TPSA) is 42.7 Å². The number of anilines is 1. The van der Waals surface area contributed by atoms with Crippen LogP contribution in [0.15, 0.2) is 30.3 Å². The Morgan fingerprint density at radius 2 is 2.50 bits per heavy atom. The molecule has 2 aromatic heterocycles. The monoisotopic (exact) mass is 208 g/mol. The predicted octanol–water partition coefficient (Wildman–Crippen LogP) is 1.84. The predicted molar refractivity (Wildman–Crippen MR) is 57.4 cm³/mol. The van der Waals surface area contributed by atoms with Crippen LogP contribution < -0.4 is 5.32 Å². The first kappa shape index (κ1) is 9.21. The highest BCUT2D eigenvalue weighted by Gasteiger charge is 2.03. The molecule has 0 radical (unpaired) electrons. The largest absolute Gasteiger partial charge is 0.357 e. The molecule has 14 heavy (non-hydrogen) atoms. The van der Waals surface area contributed by atoms with Crippen molar-refractivity contribution in [3.8, 4) is 0 Å². The Kier molecular flexibility index (Phi) is 2.78. The molecule has 4 nitrogen and oxygen atoms in total. The van der Waals surface area contributed by atoms with E-state index in [0.717, 1.165) is 11.7 Å². The first-order valence-electron chi connectivity index (χ1n) is 4.46. The summed E-state index contributed by atoms with van der Waals surface area (Å²) in [5.74, 6) is 0. The summed E-state index contributed by atoms with van der Waals surface area (Å²) in [5, 5.41) is 6.25. The van der Waals surface area contributed by atoms with Crippen LogP contribution in [0.5, 0.6) is 0 Å². The van der Waals surface area contributed by atoms with Gasteiger partial charge in [-0.05, 0) is 6.92 Å². The van der Waals surface area contributed by atoms with Crippen molar-refractivity contribution in [1.29, 1.82) is 0 Å². The molecule has 0 aromatic carbocycles. The van der Waals surface area contributed by atoms with Crippen molar-refractivity contribution in [2.24, 2.45) is 0 Å². The lowest BCUT2D eigenvalue weighted by Crippen LogP contribution is -2.21. The molecule has 0 spiro atoms. The Hall–Kier alpha value is -1.36. The highest BCUT2D eigenvalue weighted by molar-refractivity contribution is 7.13. The third kappa shape index (κ3) is 2.32. The van der Waals surface area contributed by atoms with E-state index in [0.29, 0.717) is 6.04 Å². The summed E-state index contributed by atoms with van der Waals surface area (Å²) in [7, 11) is 0. The zero-order chi connectivity index (χ0) is 9.80. The molecular formula is C9H12N4S. The van der Waals surface area contributed by atoms with Crippen molar-refractivity contribution in [3.05, 3.63) is 30.3 Å². The van der Waals surface area contributed by atoms with E-state index in [1.165, 1.54) is 0 Å². The molecule has 0 aliphatic heterocycles. The number of imidazole rings is 1. The number of nitrogens with one attached hydrogen (secondary N) is 1. The van der Waals surface area contributed by atoms with Gasteiger partial charge < -0.3 is 9.88 Å². The van der Waals surface area contributed by atoms with Gasteiger partial charge in [0.2, 0.25) is 0 Å². The second-order valence-electron chi connectivity index (χ2n) is 3.14. The minimum atomic E-state index is 0.357. The van der Waals surface area contributed by atoms with Gasteiger partial charge in [-0.1, -0.05) is 0 Å². The normalized spacial score (nSPS) is 12.6. The van der Waals surface area contributed by atoms with Gasteiger partial charge in [-0.25, -0.2) is 9.97 Å². The Morgan fingerprint density at radius 3 is 3.14 bits per heavy atom. The molecule has 0 saturated heterocycles. The molecular weight excluding hydrogens is 196 g/mol. The lowest BCUT2D eigenvalue weighted by molar-refractivity contribution is 0.618. The van der Waals surface area contributed by atoms with Gasteiger partial charge in [0, 0.05) is 36.6 Å². The molecule has 0 aliphatic rings. The fraction of sp³-hybridized carbons (Fsp3) is 0.333. The zero-order valence-electron chi connectivity index (χ0n) is 7.92. The molecule has 74 valence electrons. The molecule has 1 N–H and O–H groups in total. The van der Waals surface area contributed by atoms with Gasteiger partial charge in [0.25, 0.3) is 0 Å². The first-order chi connectivity index (χ1) is 6.84. The smallest absolute Gasteiger partial charge is 0.182 e. The molecule has 0 amide bonds. The van der Waals surface area contributed by atoms with Crippen molar-refractivity contribution < 1.29 is 0 Å². The van der Waals surface area contributed by atoms with E-state index in [1.54, 1.807) is 23.7 Å². The molecule has 0 aliphatic carbocycles. The maximum atomic E-state index is 4.17. The molecule has 1 atom stereocenters. The second-order valence-corrected chi connectivity index (χ2v) is 4.04. The fourth-order valence-corrected chi connectivity index (χ4v) is 1.90. The number of aromatic nitrogens is 3. The Labute approximate surface area is 86.6 Å². The summed E-state index contributed by atoms with van der Waals surface area (Å²) in [6.45, 7) is 3.03. The quantitative estimate of drug-likeness (QED) is 0.833. The van der Waals surface area contributed by atoms with Crippen LogP contribution in [0.25, 0.3) is 0 Å². The molecule has 2 heterocycles. The average molecular weight is 208 g/mol. The lowest BCUT2D eigenvalue weighted by atomic mass is 10.3. The standard InChI is InChI=1S/C9H12N4S/c1-8(6-13-4-2-10-7-13)12-9-11-3-5-14-9/h2-5,7-8H,6H2,1H3,(H,11,12). The van der Waals surface area contributed by atoms with E-state index in [4.69, 9.17) is 0 Å². The van der Waals surface area contributed by atoms with Crippen LogP contribution in [0.4, 0.5) is 5.13 Å². The SMILES string of the molecule is CC(Cn1ccnc1)Nc1nccs1. The molecule has 0 bridgehead atoms. The van der Waals surface area contributed by atoms with E-state index in [9.17, 15) is 0 Å². The summed E-state index contributed by atoms with van der Waals surface area (Å²) in [5.41, 5.74) is 0. The third-order valence-electron chi connectivity index (χ3n) is 1.85. The van der Waals surface area contributed by atoms with Gasteiger partial charge >= 0.3 is 0 Å². The van der Waals surface area contributed by atoms with Gasteiger partial charge in [-0.3, -0.25) is 0 Å². The Morgan fingerprint density at radius 1 is 1.57 bits per heavy atom. The van der Waals surface area contributed by atoms with Crippen LogP contribution >= 0.6 is 11.3 Å². The molecule has 5 heteroatoms. The van der Waals surface area contributed by atoms with Crippen LogP contribution in [0.2, 0.25) is 0 Å². The van der Waals surface area contributed by atoms with Gasteiger partial charge in [-0.15, -0.1) is 11.3 Å². The highest BCUT2D eigenvalue weighted by atomic mass is 32.1. The molecule has 1 unspecified atom stereocenters. The minimum absolute atomic E-state index is 0.357. The van der Waals surface area contributed by atoms with Crippen molar-refractivity contribution >= 4 is 16.5 Å². The van der Waals surface area contributed by atoms with Crippen LogP contribution in [0, 0.1) is 0 Å². The fourth-order valence-electron chi connectivity index (χ4n) is 1.26. The minimum Gasteiger partial charge on any atom is -0.357 e. The number of hydrogen-bond acceptors (Lipinski definition) is 4. The van der Waals surface area contributed by atoms with E-state index in [1.807, 2.05) is 22.5 Å². The molecule has 2 aromatic rings. The van der Waals surface area contributed by atoms with E-state index >= 15 is 0 Å². The first-order valence-corrected chi connectivity index (χ1v) is 5.34. The van der Waals surface area contributed by atoms with Gasteiger partial charge in [0.1, 0.15) is 0 Å². The number of nitrogens with zero attached hydrogens (tertiary/aromatic N) is 3. The maximum absolute atomic E-state index is 4.17. The summed E-state index contributed by atoms with van der Waals surface area (Å²) < 4.78 is 2.05. The van der Waals surface area contributed by atoms with Crippen LogP contribution in [0.3, 0.4) is 0 Å². The molecule has 0 saturated carbocycles. The summed E-state index contributed by atoms with van der Waals surface area (Å²) in [6.07, 6.45) is 7.37. The van der Waals surface area contributed by atoms with Crippen molar-refractivity contribution in [2.75, 3.05) is 5.32 Å². The van der Waals surface area contributed by atoms with E-state index < -0.39 is 0 Å². The molecule has 2 rings (SSSR count). The van der Waals surface area contributed by atoms with Crippen LogP contribution in [-0.4, -0.2) is 20.6 Å². The second kappa shape index (κ2) is 4.23. The Balaban J connectivity index is 1.88. The summed E-state index contributed by atoms with van der Waals surface area (Å²) >= 11 is 1.62. The number of thiazole rings is 1. The lowest BCUT2D eigenvalue weighted by Gasteiger charge is -2.12. The van der Waals surface area contributed by atoms with Gasteiger partial charge in [0.05, 0.1) is 6.33 Å². The summed E-state index contributed by atoms with van der Waals surface area (Å²) in [4.78, 5) is 8.16. The van der Waals surface area contributed by atoms with E-state index in [-0.39, 0.29) is 0 Å². The molecule has 0 fully saturated rings. The summed E-state index contributed by atoms with van der Waals surface area (Å²) in [6, 6.07) is 0.357. The average Bonchev–Trinajstić information content (AvgIpc) is 2.76. The highest BCUT2D eigenvalue weighted by Crippen LogP contribution is 2.12. The number of hydrogen-bond donors (Lipinski definition) is 1. The Bertz CT molecular complexity index is 318. The maximum Gasteiger partial charge on any atom is 0.182 e. The van der Waals surface area contributed by atoms with E-state index in [2.05, 4.69) is 22.2 Å². The van der Waals surface area contributed by atoms with Crippen molar-refractivity contribution in [3.63, 3.8) is 0 Å². The van der Waals surface area contributed by atoms with Gasteiger partial charge in [-0.2, -0.15) is 0 Å². The third-order valence-corrected chi connectivity index (χ3v) is 2.55. The van der Waals surface area contributed by atoms with Gasteiger partial charge in [0.15, 0.2) is 5.13 Å². The van der Waals surface area contributed by atoms with Crippen molar-refractivity contribution in [2.45, 2.75) is 19.5 Å². The zero-order valence-corrected chi connectivity index (χ0v) is 8.74. The van der Waals surface area contributed by atoms with Crippen LogP contribution in [-0.2, 0) is 6.54 Å². The van der Waals surface area contributed by atoms with Crippen LogP contribution in [0.1, 0.15) is 6.92 Å². The van der Waals surface area contributed by atoms with Crippen molar-refractivity contribution in [1.82, 2.24) is 14.5 Å². The number of rotatable bonds is 4.